The maximum atomic E-state index is 5.77. The van der Waals surface area contributed by atoms with Gasteiger partial charge < -0.3 is 9.47 Å². The van der Waals surface area contributed by atoms with Gasteiger partial charge in [0.05, 0.1) is 0 Å². The van der Waals surface area contributed by atoms with Gasteiger partial charge in [-0.1, -0.05) is 63.4 Å². The molecule has 190 valence electrons. The van der Waals surface area contributed by atoms with Gasteiger partial charge >= 0.3 is 0 Å². The molecule has 0 aliphatic carbocycles. The summed E-state index contributed by atoms with van der Waals surface area (Å²) in [6.07, 6.45) is 7.30. The summed E-state index contributed by atoms with van der Waals surface area (Å²) >= 11 is 0. The van der Waals surface area contributed by atoms with Crippen LogP contribution in [0.5, 0.6) is 0 Å². The Bertz CT molecular complexity index is 1220. The summed E-state index contributed by atoms with van der Waals surface area (Å²) < 4.78 is 13.5. The first-order chi connectivity index (χ1) is 17.6. The molecule has 0 saturated heterocycles. The van der Waals surface area contributed by atoms with Crippen molar-refractivity contribution in [1.82, 2.24) is 40.4 Å². The summed E-state index contributed by atoms with van der Waals surface area (Å²) in [6, 6.07) is 12.1. The zero-order valence-corrected chi connectivity index (χ0v) is 21.4. The minimum absolute atomic E-state index is 0.558. The van der Waals surface area contributed by atoms with Gasteiger partial charge in [-0.2, -0.15) is 5.10 Å². The summed E-state index contributed by atoms with van der Waals surface area (Å²) in [5.74, 6) is 1.08. The van der Waals surface area contributed by atoms with Crippen molar-refractivity contribution in [1.29, 1.82) is 0 Å². The quantitative estimate of drug-likeness (QED) is 0.214. The van der Waals surface area contributed by atoms with Crippen LogP contribution in [0.1, 0.15) is 63.3 Å². The fourth-order valence-electron chi connectivity index (χ4n) is 4.33. The highest BCUT2D eigenvalue weighted by atomic mass is 16.7. The first kappa shape index (κ1) is 25.6. The van der Waals surface area contributed by atoms with Gasteiger partial charge in [0.15, 0.2) is 5.82 Å². The van der Waals surface area contributed by atoms with Crippen molar-refractivity contribution in [2.45, 2.75) is 64.7 Å². The second-order valence-electron chi connectivity index (χ2n) is 8.70. The van der Waals surface area contributed by atoms with E-state index in [0.29, 0.717) is 24.5 Å². The Labute approximate surface area is 211 Å². The second-order valence-corrected chi connectivity index (χ2v) is 8.70. The van der Waals surface area contributed by atoms with E-state index < -0.39 is 5.79 Å². The third-order valence-electron chi connectivity index (χ3n) is 6.30. The number of pyridine rings is 1. The SMILES string of the molecule is CCCCCn1nc(C(CCC)(OC)OC)nc1Cc1ccc(-c2ccccc2-c2nnn[nH]2)cn1. The number of tetrazole rings is 1. The van der Waals surface area contributed by atoms with E-state index >= 15 is 0 Å². The van der Waals surface area contributed by atoms with Crippen LogP contribution in [0.25, 0.3) is 22.5 Å². The molecule has 36 heavy (non-hydrogen) atoms. The lowest BCUT2D eigenvalue weighted by Crippen LogP contribution is -2.32. The zero-order chi connectivity index (χ0) is 25.4. The molecule has 1 aromatic carbocycles. The van der Waals surface area contributed by atoms with E-state index in [4.69, 9.17) is 24.5 Å². The lowest BCUT2D eigenvalue weighted by Gasteiger charge is -2.27. The van der Waals surface area contributed by atoms with E-state index in [1.54, 1.807) is 14.2 Å². The highest BCUT2D eigenvalue weighted by Crippen LogP contribution is 2.31. The van der Waals surface area contributed by atoms with E-state index in [9.17, 15) is 0 Å². The maximum Gasteiger partial charge on any atom is 0.231 e. The number of H-pyrrole nitrogens is 1. The van der Waals surface area contributed by atoms with Crippen molar-refractivity contribution >= 4 is 0 Å². The van der Waals surface area contributed by atoms with Crippen LogP contribution >= 0.6 is 0 Å². The summed E-state index contributed by atoms with van der Waals surface area (Å²) in [5.41, 5.74) is 3.81. The molecular formula is C26H34N8O2. The summed E-state index contributed by atoms with van der Waals surface area (Å²) in [6.45, 7) is 5.08. The molecule has 4 aromatic rings. The van der Waals surface area contributed by atoms with Crippen molar-refractivity contribution in [2.24, 2.45) is 0 Å². The van der Waals surface area contributed by atoms with Crippen molar-refractivity contribution in [3.8, 4) is 22.5 Å². The van der Waals surface area contributed by atoms with Crippen molar-refractivity contribution in [2.75, 3.05) is 14.2 Å². The van der Waals surface area contributed by atoms with Gasteiger partial charge in [-0.05, 0) is 28.5 Å². The lowest BCUT2D eigenvalue weighted by atomic mass is 10.0. The van der Waals surface area contributed by atoms with E-state index in [0.717, 1.165) is 60.4 Å². The van der Waals surface area contributed by atoms with E-state index in [1.807, 2.05) is 41.2 Å². The fourth-order valence-corrected chi connectivity index (χ4v) is 4.33. The lowest BCUT2D eigenvalue weighted by molar-refractivity contribution is -0.225. The number of unbranched alkanes of at least 4 members (excludes halogenated alkanes) is 2. The second kappa shape index (κ2) is 12.0. The van der Waals surface area contributed by atoms with Gasteiger partial charge in [-0.3, -0.25) is 4.98 Å². The van der Waals surface area contributed by atoms with E-state index in [-0.39, 0.29) is 0 Å². The first-order valence-corrected chi connectivity index (χ1v) is 12.5. The molecule has 1 N–H and O–H groups in total. The molecule has 3 aromatic heterocycles. The van der Waals surface area contributed by atoms with Gasteiger partial charge in [0, 0.05) is 56.6 Å². The van der Waals surface area contributed by atoms with Crippen molar-refractivity contribution < 1.29 is 9.47 Å². The van der Waals surface area contributed by atoms with Gasteiger partial charge in [0.2, 0.25) is 11.6 Å². The number of aromatic nitrogens is 8. The molecule has 0 amide bonds. The molecule has 0 saturated carbocycles. The average Bonchev–Trinajstić information content (AvgIpc) is 3.59. The molecular weight excluding hydrogens is 456 g/mol. The molecule has 0 aliphatic rings. The predicted molar refractivity (Wildman–Crippen MR) is 136 cm³/mol. The van der Waals surface area contributed by atoms with Crippen molar-refractivity contribution in [3.05, 3.63) is 59.9 Å². The predicted octanol–water partition coefficient (Wildman–Crippen LogP) is 4.55. The smallest absolute Gasteiger partial charge is 0.231 e. The molecule has 0 aliphatic heterocycles. The topological polar surface area (TPSA) is 117 Å². The van der Waals surface area contributed by atoms with Gasteiger partial charge in [-0.25, -0.2) is 14.8 Å². The van der Waals surface area contributed by atoms with Gasteiger partial charge in [0.1, 0.15) is 5.82 Å². The number of aryl methyl sites for hydroxylation is 1. The van der Waals surface area contributed by atoms with Gasteiger partial charge in [-0.15, -0.1) is 5.10 Å². The number of rotatable bonds is 13. The Morgan fingerprint density at radius 1 is 0.972 bits per heavy atom. The molecule has 4 rings (SSSR count). The number of aromatic amines is 1. The maximum absolute atomic E-state index is 5.77. The molecule has 0 atom stereocenters. The van der Waals surface area contributed by atoms with Crippen LogP contribution in [0.3, 0.4) is 0 Å². The number of ether oxygens (including phenoxy) is 2. The minimum atomic E-state index is -0.948. The van der Waals surface area contributed by atoms with Crippen molar-refractivity contribution in [3.63, 3.8) is 0 Å². The molecule has 0 unspecified atom stereocenters. The normalized spacial score (nSPS) is 11.8. The molecule has 0 spiro atoms. The molecule has 10 heteroatoms. The average molecular weight is 491 g/mol. The molecule has 10 nitrogen and oxygen atoms in total. The largest absolute Gasteiger partial charge is 0.347 e. The third kappa shape index (κ3) is 5.50. The monoisotopic (exact) mass is 490 g/mol. The van der Waals surface area contributed by atoms with Crippen LogP contribution in [0.15, 0.2) is 42.6 Å². The van der Waals surface area contributed by atoms with E-state index in [2.05, 4.69) is 40.5 Å². The molecule has 0 bridgehead atoms. The number of nitrogens with one attached hydrogen (secondary N) is 1. The summed E-state index contributed by atoms with van der Waals surface area (Å²) in [7, 11) is 3.28. The molecule has 0 fully saturated rings. The van der Waals surface area contributed by atoms with Gasteiger partial charge in [0.25, 0.3) is 0 Å². The first-order valence-electron chi connectivity index (χ1n) is 12.5. The number of nitrogens with zero attached hydrogens (tertiary/aromatic N) is 7. The highest BCUT2D eigenvalue weighted by molar-refractivity contribution is 5.79. The Balaban J connectivity index is 1.61. The molecule has 3 heterocycles. The Morgan fingerprint density at radius 2 is 1.78 bits per heavy atom. The number of hydrogen-bond donors (Lipinski definition) is 1. The molecule has 0 radical (unpaired) electrons. The highest BCUT2D eigenvalue weighted by Gasteiger charge is 2.36. The number of hydrogen-bond acceptors (Lipinski definition) is 8. The van der Waals surface area contributed by atoms with Crippen LogP contribution in [-0.4, -0.2) is 54.6 Å². The van der Waals surface area contributed by atoms with Crippen LogP contribution in [0, 0.1) is 0 Å². The standard InChI is InChI=1S/C26H34N8O2/c1-5-7-10-16-34-23(28-25(31-34)26(35-3,36-4)15-6-2)17-20-14-13-19(18-27-20)21-11-8-9-12-22(21)24-29-32-33-30-24/h8-9,11-14,18H,5-7,10,15-17H2,1-4H3,(H,29,30,32,33). The zero-order valence-electron chi connectivity index (χ0n) is 21.4. The third-order valence-corrected chi connectivity index (χ3v) is 6.30. The Hall–Kier alpha value is -3.50. The number of benzene rings is 1. The summed E-state index contributed by atoms with van der Waals surface area (Å²) in [4.78, 5) is 9.63. The van der Waals surface area contributed by atoms with Crippen LogP contribution in [0.4, 0.5) is 0 Å². The fraction of sp³-hybridized carbons (Fsp3) is 0.462. The van der Waals surface area contributed by atoms with Crippen LogP contribution in [-0.2, 0) is 28.2 Å². The number of methoxy groups -OCH3 is 2. The van der Waals surface area contributed by atoms with E-state index in [1.165, 1.54) is 0 Å². The van der Waals surface area contributed by atoms with Crippen LogP contribution < -0.4 is 0 Å². The minimum Gasteiger partial charge on any atom is -0.347 e. The Kier molecular flexibility index (Phi) is 8.50. The van der Waals surface area contributed by atoms with Crippen LogP contribution in [0.2, 0.25) is 0 Å². The Morgan fingerprint density at radius 3 is 2.42 bits per heavy atom. The summed E-state index contributed by atoms with van der Waals surface area (Å²) in [5, 5.41) is 19.1.